The molecular formula is C8H10F8O. The summed E-state index contributed by atoms with van der Waals surface area (Å²) in [4.78, 5) is 0. The van der Waals surface area contributed by atoms with Gasteiger partial charge >= 0.3 is 24.2 Å². The van der Waals surface area contributed by atoms with E-state index in [2.05, 4.69) is 4.74 Å². The van der Waals surface area contributed by atoms with Crippen molar-refractivity contribution < 1.29 is 39.9 Å². The van der Waals surface area contributed by atoms with E-state index in [1.807, 2.05) is 0 Å². The quantitative estimate of drug-likeness (QED) is 0.509. The monoisotopic (exact) mass is 274 g/mol. The van der Waals surface area contributed by atoms with E-state index in [1.54, 1.807) is 0 Å². The van der Waals surface area contributed by atoms with Gasteiger partial charge < -0.3 is 4.74 Å². The van der Waals surface area contributed by atoms with Gasteiger partial charge in [0.2, 0.25) is 0 Å². The minimum Gasteiger partial charge on any atom is -0.382 e. The second-order valence-corrected chi connectivity index (χ2v) is 3.15. The number of halogens is 8. The van der Waals surface area contributed by atoms with Crippen LogP contribution in [0.1, 0.15) is 13.3 Å². The maximum absolute atomic E-state index is 12.7. The Morgan fingerprint density at radius 2 is 1.47 bits per heavy atom. The fourth-order valence-electron chi connectivity index (χ4n) is 0.883. The van der Waals surface area contributed by atoms with Crippen LogP contribution >= 0.6 is 0 Å². The van der Waals surface area contributed by atoms with Gasteiger partial charge in [0.15, 0.2) is 0 Å². The van der Waals surface area contributed by atoms with Gasteiger partial charge in [0, 0.05) is 13.0 Å². The summed E-state index contributed by atoms with van der Waals surface area (Å²) in [6, 6.07) is 0. The molecule has 0 N–H and O–H groups in total. The van der Waals surface area contributed by atoms with Crippen molar-refractivity contribution in [3.63, 3.8) is 0 Å². The van der Waals surface area contributed by atoms with Crippen LogP contribution in [-0.2, 0) is 4.74 Å². The second-order valence-electron chi connectivity index (χ2n) is 3.15. The minimum absolute atomic E-state index is 0.0904. The third-order valence-corrected chi connectivity index (χ3v) is 1.92. The SMILES string of the molecule is CCOCCC(F)(F)C(F)(F)C(F)(F)C(F)F. The number of alkyl halides is 8. The van der Waals surface area contributed by atoms with Crippen molar-refractivity contribution in [1.29, 1.82) is 0 Å². The first kappa shape index (κ1) is 16.4. The lowest BCUT2D eigenvalue weighted by molar-refractivity contribution is -0.340. The lowest BCUT2D eigenvalue weighted by Gasteiger charge is -2.32. The summed E-state index contributed by atoms with van der Waals surface area (Å²) < 4.78 is 103. The van der Waals surface area contributed by atoms with E-state index in [0.29, 0.717) is 0 Å². The van der Waals surface area contributed by atoms with E-state index in [9.17, 15) is 35.1 Å². The van der Waals surface area contributed by atoms with Gasteiger partial charge in [-0.3, -0.25) is 0 Å². The highest BCUT2D eigenvalue weighted by Crippen LogP contribution is 2.49. The standard InChI is InChI=1S/C8H10F8O/c1-2-17-4-3-6(11,12)8(15,16)7(13,14)5(9)10/h5H,2-4H2,1H3. The summed E-state index contributed by atoms with van der Waals surface area (Å²) in [7, 11) is 0. The number of ether oxygens (including phenoxy) is 1. The topological polar surface area (TPSA) is 9.23 Å². The zero-order valence-corrected chi connectivity index (χ0v) is 8.63. The first-order chi connectivity index (χ1) is 7.50. The van der Waals surface area contributed by atoms with Gasteiger partial charge in [-0.2, -0.15) is 26.3 Å². The fraction of sp³-hybridized carbons (Fsp3) is 1.00. The summed E-state index contributed by atoms with van der Waals surface area (Å²) in [5, 5.41) is 0. The van der Waals surface area contributed by atoms with Gasteiger partial charge in [-0.25, -0.2) is 8.78 Å². The minimum atomic E-state index is -6.13. The Labute approximate surface area is 91.7 Å². The Morgan fingerprint density at radius 3 is 1.82 bits per heavy atom. The summed E-state index contributed by atoms with van der Waals surface area (Å²) in [6.07, 6.45) is -6.65. The van der Waals surface area contributed by atoms with Gasteiger partial charge in [-0.1, -0.05) is 0 Å². The molecule has 0 rings (SSSR count). The molecule has 0 fully saturated rings. The van der Waals surface area contributed by atoms with E-state index >= 15 is 0 Å². The summed E-state index contributed by atoms with van der Waals surface area (Å²) >= 11 is 0. The maximum atomic E-state index is 12.7. The van der Waals surface area contributed by atoms with Crippen molar-refractivity contribution >= 4 is 0 Å². The average Bonchev–Trinajstić information content (AvgIpc) is 2.17. The molecule has 0 heterocycles. The van der Waals surface area contributed by atoms with Crippen molar-refractivity contribution in [1.82, 2.24) is 0 Å². The van der Waals surface area contributed by atoms with Crippen LogP contribution in [0, 0.1) is 0 Å². The van der Waals surface area contributed by atoms with Crippen LogP contribution in [0.15, 0.2) is 0 Å². The molecule has 104 valence electrons. The highest BCUT2D eigenvalue weighted by molar-refractivity contribution is 4.97. The molecule has 0 atom stereocenters. The predicted molar refractivity (Wildman–Crippen MR) is 42.0 cm³/mol. The molecule has 0 radical (unpaired) electrons. The Balaban J connectivity index is 4.88. The summed E-state index contributed by atoms with van der Waals surface area (Å²) in [5.41, 5.74) is 0. The van der Waals surface area contributed by atoms with Gasteiger partial charge in [-0.15, -0.1) is 0 Å². The smallest absolute Gasteiger partial charge is 0.377 e. The Bertz CT molecular complexity index is 240. The van der Waals surface area contributed by atoms with E-state index in [0.717, 1.165) is 0 Å². The molecule has 0 aliphatic heterocycles. The van der Waals surface area contributed by atoms with Crippen molar-refractivity contribution in [3.8, 4) is 0 Å². The Morgan fingerprint density at radius 1 is 1.00 bits per heavy atom. The molecule has 0 unspecified atom stereocenters. The van der Waals surface area contributed by atoms with E-state index in [1.165, 1.54) is 6.92 Å². The average molecular weight is 274 g/mol. The van der Waals surface area contributed by atoms with Crippen molar-refractivity contribution in [2.75, 3.05) is 13.2 Å². The van der Waals surface area contributed by atoms with Crippen LogP contribution in [0.3, 0.4) is 0 Å². The largest absolute Gasteiger partial charge is 0.382 e. The lowest BCUT2D eigenvalue weighted by atomic mass is 10.0. The molecule has 0 aromatic rings. The molecule has 0 spiro atoms. The number of hydrogen-bond acceptors (Lipinski definition) is 1. The van der Waals surface area contributed by atoms with Crippen LogP contribution in [0.5, 0.6) is 0 Å². The molecule has 0 saturated heterocycles. The van der Waals surface area contributed by atoms with Crippen LogP contribution in [0.4, 0.5) is 35.1 Å². The Kier molecular flexibility index (Phi) is 5.17. The molecule has 1 nitrogen and oxygen atoms in total. The molecule has 9 heteroatoms. The maximum Gasteiger partial charge on any atom is 0.377 e. The zero-order chi connectivity index (χ0) is 13.9. The van der Waals surface area contributed by atoms with Gasteiger partial charge in [0.25, 0.3) is 0 Å². The number of rotatable bonds is 7. The highest BCUT2D eigenvalue weighted by atomic mass is 19.4. The first-order valence-corrected chi connectivity index (χ1v) is 4.50. The van der Waals surface area contributed by atoms with Crippen molar-refractivity contribution in [3.05, 3.63) is 0 Å². The van der Waals surface area contributed by atoms with Crippen molar-refractivity contribution in [2.24, 2.45) is 0 Å². The van der Waals surface area contributed by atoms with Crippen molar-refractivity contribution in [2.45, 2.75) is 37.5 Å². The van der Waals surface area contributed by atoms with Gasteiger partial charge in [0.1, 0.15) is 0 Å². The van der Waals surface area contributed by atoms with Crippen LogP contribution in [-0.4, -0.2) is 37.4 Å². The molecule has 0 aromatic carbocycles. The first-order valence-electron chi connectivity index (χ1n) is 4.50. The summed E-state index contributed by atoms with van der Waals surface area (Å²) in [6.45, 7) is 0.343. The lowest BCUT2D eigenvalue weighted by Crippen LogP contribution is -2.57. The third kappa shape index (κ3) is 3.20. The zero-order valence-electron chi connectivity index (χ0n) is 8.63. The second kappa shape index (κ2) is 5.36. The van der Waals surface area contributed by atoms with E-state index in [4.69, 9.17) is 0 Å². The molecule has 0 aliphatic carbocycles. The molecule has 17 heavy (non-hydrogen) atoms. The molecule has 0 aliphatic rings. The van der Waals surface area contributed by atoms with E-state index in [-0.39, 0.29) is 6.61 Å². The van der Waals surface area contributed by atoms with E-state index < -0.39 is 37.2 Å². The van der Waals surface area contributed by atoms with Gasteiger partial charge in [-0.05, 0) is 6.92 Å². The predicted octanol–water partition coefficient (Wildman–Crippen LogP) is 3.58. The van der Waals surface area contributed by atoms with Gasteiger partial charge in [0.05, 0.1) is 6.61 Å². The van der Waals surface area contributed by atoms with Crippen LogP contribution in [0.2, 0.25) is 0 Å². The Hall–Kier alpha value is -0.600. The molecule has 0 amide bonds. The molecule has 0 bridgehead atoms. The molecule has 0 aromatic heterocycles. The normalized spacial score (nSPS) is 14.5. The molecule has 0 saturated carbocycles. The number of hydrogen-bond donors (Lipinski definition) is 0. The van der Waals surface area contributed by atoms with Crippen LogP contribution < -0.4 is 0 Å². The van der Waals surface area contributed by atoms with Crippen LogP contribution in [0.25, 0.3) is 0 Å². The molecular weight excluding hydrogens is 264 g/mol. The highest BCUT2D eigenvalue weighted by Gasteiger charge is 2.74. The third-order valence-electron chi connectivity index (χ3n) is 1.92. The summed E-state index contributed by atoms with van der Waals surface area (Å²) in [5.74, 6) is -17.5. The fourth-order valence-corrected chi connectivity index (χ4v) is 0.883.